The van der Waals surface area contributed by atoms with Crippen molar-refractivity contribution in [2.75, 3.05) is 5.43 Å². The van der Waals surface area contributed by atoms with Crippen LogP contribution in [0.5, 0.6) is 0 Å². The van der Waals surface area contributed by atoms with E-state index < -0.39 is 0 Å². The van der Waals surface area contributed by atoms with Crippen molar-refractivity contribution in [1.29, 1.82) is 0 Å². The summed E-state index contributed by atoms with van der Waals surface area (Å²) in [7, 11) is 0. The van der Waals surface area contributed by atoms with Crippen LogP contribution in [-0.2, 0) is 6.54 Å². The number of imidazole rings is 1. The fourth-order valence-electron chi connectivity index (χ4n) is 2.89. The maximum atomic E-state index is 6.22. The topological polar surface area (TPSA) is 55.4 Å². The number of anilines is 1. The molecule has 7 heteroatoms. The Morgan fingerprint density at radius 1 is 1.15 bits per heavy atom. The van der Waals surface area contributed by atoms with Gasteiger partial charge in [-0.1, -0.05) is 35.3 Å². The van der Waals surface area contributed by atoms with Crippen molar-refractivity contribution < 1.29 is 4.42 Å². The van der Waals surface area contributed by atoms with Crippen molar-refractivity contribution in [3.63, 3.8) is 0 Å². The van der Waals surface area contributed by atoms with Gasteiger partial charge in [0.1, 0.15) is 11.5 Å². The molecule has 0 atom stereocenters. The number of hydrogen-bond donors (Lipinski definition) is 1. The highest BCUT2D eigenvalue weighted by molar-refractivity contribution is 6.35. The molecule has 0 saturated heterocycles. The lowest BCUT2D eigenvalue weighted by Crippen LogP contribution is -2.01. The van der Waals surface area contributed by atoms with Gasteiger partial charge in [-0.15, -0.1) is 0 Å². The molecule has 2 aromatic carbocycles. The molecule has 1 N–H and O–H groups in total. The lowest BCUT2D eigenvalue weighted by atomic mass is 10.2. The van der Waals surface area contributed by atoms with Crippen molar-refractivity contribution in [3.8, 4) is 11.3 Å². The number of para-hydroxylation sites is 2. The summed E-state index contributed by atoms with van der Waals surface area (Å²) in [5.41, 5.74) is 5.71. The smallest absolute Gasteiger partial charge is 0.224 e. The Hall–Kier alpha value is -2.76. The van der Waals surface area contributed by atoms with Crippen LogP contribution >= 0.6 is 23.2 Å². The van der Waals surface area contributed by atoms with Crippen molar-refractivity contribution >= 4 is 46.4 Å². The van der Waals surface area contributed by atoms with E-state index in [4.69, 9.17) is 27.6 Å². The molecule has 136 valence electrons. The molecular formula is C20H16Cl2N4O. The van der Waals surface area contributed by atoms with Gasteiger partial charge in [0.2, 0.25) is 5.95 Å². The van der Waals surface area contributed by atoms with Gasteiger partial charge in [0.05, 0.1) is 22.3 Å². The molecule has 5 nitrogen and oxygen atoms in total. The fraction of sp³-hybridized carbons (Fsp3) is 0.100. The first-order valence-electron chi connectivity index (χ1n) is 8.45. The summed E-state index contributed by atoms with van der Waals surface area (Å²) in [5.74, 6) is 1.90. The van der Waals surface area contributed by atoms with Gasteiger partial charge in [-0.3, -0.25) is 0 Å². The summed E-state index contributed by atoms with van der Waals surface area (Å²) < 4.78 is 7.86. The summed E-state index contributed by atoms with van der Waals surface area (Å²) in [6, 6.07) is 16.9. The number of rotatable bonds is 5. The number of nitrogens with one attached hydrogen (secondary N) is 1. The molecular weight excluding hydrogens is 383 g/mol. The molecule has 0 radical (unpaired) electrons. The van der Waals surface area contributed by atoms with Crippen LogP contribution in [0, 0.1) is 0 Å². The van der Waals surface area contributed by atoms with E-state index in [1.165, 1.54) is 0 Å². The van der Waals surface area contributed by atoms with Crippen molar-refractivity contribution in [3.05, 3.63) is 70.4 Å². The van der Waals surface area contributed by atoms with Crippen LogP contribution in [0.1, 0.15) is 12.7 Å². The molecule has 27 heavy (non-hydrogen) atoms. The average Bonchev–Trinajstić information content (AvgIpc) is 3.28. The standard InChI is InChI=1S/C20H16Cl2N4O/c1-2-26-18-6-4-3-5-17(18)24-20(26)25-23-12-14-8-10-19(27-14)15-11-13(21)7-9-16(15)22/h3-12H,2H2,1H3,(H,24,25)/b23-12-. The maximum absolute atomic E-state index is 6.22. The number of nitrogens with zero attached hydrogens (tertiary/aromatic N) is 3. The number of aromatic nitrogens is 2. The van der Waals surface area contributed by atoms with E-state index in [2.05, 4.69) is 27.0 Å². The Bertz CT molecular complexity index is 1130. The number of fused-ring (bicyclic) bond motifs is 1. The minimum absolute atomic E-state index is 0.576. The first kappa shape index (κ1) is 17.6. The third-order valence-electron chi connectivity index (χ3n) is 4.15. The molecule has 0 spiro atoms. The van der Waals surface area contributed by atoms with Crippen molar-refractivity contribution in [2.24, 2.45) is 5.10 Å². The van der Waals surface area contributed by atoms with Gasteiger partial charge in [-0.05, 0) is 49.4 Å². The third kappa shape index (κ3) is 3.56. The molecule has 0 saturated carbocycles. The second-order valence-corrected chi connectivity index (χ2v) is 6.71. The van der Waals surface area contributed by atoms with Crippen LogP contribution in [0.3, 0.4) is 0 Å². The monoisotopic (exact) mass is 398 g/mol. The van der Waals surface area contributed by atoms with Gasteiger partial charge in [0.25, 0.3) is 0 Å². The molecule has 0 bridgehead atoms. The molecule has 0 fully saturated rings. The highest BCUT2D eigenvalue weighted by Crippen LogP contribution is 2.31. The Balaban J connectivity index is 1.55. The molecule has 2 aromatic heterocycles. The number of halogens is 2. The average molecular weight is 399 g/mol. The van der Waals surface area contributed by atoms with E-state index in [9.17, 15) is 0 Å². The van der Waals surface area contributed by atoms with Gasteiger partial charge < -0.3 is 8.98 Å². The number of hydrazone groups is 1. The molecule has 2 heterocycles. The van der Waals surface area contributed by atoms with E-state index in [-0.39, 0.29) is 0 Å². The Kier molecular flexibility index (Phi) is 4.88. The molecule has 0 aliphatic rings. The summed E-state index contributed by atoms with van der Waals surface area (Å²) >= 11 is 12.3. The van der Waals surface area contributed by atoms with Gasteiger partial charge in [-0.2, -0.15) is 5.10 Å². The Morgan fingerprint density at radius 3 is 2.85 bits per heavy atom. The predicted octanol–water partition coefficient (Wildman–Crippen LogP) is 6.07. The molecule has 0 aliphatic heterocycles. The van der Waals surface area contributed by atoms with Gasteiger partial charge in [0.15, 0.2) is 0 Å². The molecule has 4 aromatic rings. The minimum Gasteiger partial charge on any atom is -0.455 e. The highest BCUT2D eigenvalue weighted by Gasteiger charge is 2.10. The number of benzene rings is 2. The van der Waals surface area contributed by atoms with Gasteiger partial charge in [0, 0.05) is 17.1 Å². The first-order chi connectivity index (χ1) is 13.2. The van der Waals surface area contributed by atoms with Crippen LogP contribution in [0.25, 0.3) is 22.4 Å². The molecule has 0 unspecified atom stereocenters. The largest absolute Gasteiger partial charge is 0.455 e. The van der Waals surface area contributed by atoms with E-state index in [0.717, 1.165) is 23.1 Å². The van der Waals surface area contributed by atoms with Crippen molar-refractivity contribution in [2.45, 2.75) is 13.5 Å². The van der Waals surface area contributed by atoms with Crippen molar-refractivity contribution in [1.82, 2.24) is 9.55 Å². The summed E-state index contributed by atoms with van der Waals surface area (Å²) in [6.07, 6.45) is 1.60. The van der Waals surface area contributed by atoms with E-state index in [0.29, 0.717) is 27.5 Å². The zero-order chi connectivity index (χ0) is 18.8. The Labute approximate surface area is 166 Å². The maximum Gasteiger partial charge on any atom is 0.224 e. The molecule has 0 amide bonds. The van der Waals surface area contributed by atoms with Crippen LogP contribution < -0.4 is 5.43 Å². The Morgan fingerprint density at radius 2 is 2.00 bits per heavy atom. The second-order valence-electron chi connectivity index (χ2n) is 5.86. The van der Waals surface area contributed by atoms with Crippen LogP contribution in [0.4, 0.5) is 5.95 Å². The zero-order valence-electron chi connectivity index (χ0n) is 14.5. The minimum atomic E-state index is 0.576. The normalized spacial score (nSPS) is 11.5. The van der Waals surface area contributed by atoms with Gasteiger partial charge >= 0.3 is 0 Å². The number of furan rings is 1. The van der Waals surface area contributed by atoms with Crippen LogP contribution in [0.2, 0.25) is 10.0 Å². The SMILES string of the molecule is CCn1c(N/N=C\c2ccc(-c3cc(Cl)ccc3Cl)o2)nc2ccccc21. The quantitative estimate of drug-likeness (QED) is 0.327. The number of aryl methyl sites for hydroxylation is 1. The van der Waals surface area contributed by atoms with Crippen LogP contribution in [0.15, 0.2) is 64.1 Å². The molecule has 0 aliphatic carbocycles. The highest BCUT2D eigenvalue weighted by atomic mass is 35.5. The fourth-order valence-corrected chi connectivity index (χ4v) is 3.27. The van der Waals surface area contributed by atoms with E-state index >= 15 is 0 Å². The lowest BCUT2D eigenvalue weighted by molar-refractivity contribution is 0.575. The van der Waals surface area contributed by atoms with Crippen LogP contribution in [-0.4, -0.2) is 15.8 Å². The summed E-state index contributed by atoms with van der Waals surface area (Å²) in [5, 5.41) is 5.43. The van der Waals surface area contributed by atoms with E-state index in [1.807, 2.05) is 36.4 Å². The number of hydrogen-bond acceptors (Lipinski definition) is 4. The third-order valence-corrected chi connectivity index (χ3v) is 4.71. The predicted molar refractivity (Wildman–Crippen MR) is 111 cm³/mol. The van der Waals surface area contributed by atoms with Gasteiger partial charge in [-0.25, -0.2) is 10.4 Å². The zero-order valence-corrected chi connectivity index (χ0v) is 16.0. The van der Waals surface area contributed by atoms with E-state index in [1.54, 1.807) is 24.4 Å². The first-order valence-corrected chi connectivity index (χ1v) is 9.21. The summed E-state index contributed by atoms with van der Waals surface area (Å²) in [6.45, 7) is 2.85. The molecule has 4 rings (SSSR count). The second kappa shape index (κ2) is 7.47. The summed E-state index contributed by atoms with van der Waals surface area (Å²) in [4.78, 5) is 4.56. The lowest BCUT2D eigenvalue weighted by Gasteiger charge is -2.04.